The van der Waals surface area contributed by atoms with Crippen molar-refractivity contribution >= 4 is 21.9 Å². The van der Waals surface area contributed by atoms with E-state index in [9.17, 15) is 23.1 Å². The summed E-state index contributed by atoms with van der Waals surface area (Å²) >= 11 is 0. The van der Waals surface area contributed by atoms with Gasteiger partial charge in [-0.3, -0.25) is 9.59 Å². The van der Waals surface area contributed by atoms with Crippen molar-refractivity contribution in [3.8, 4) is 0 Å². The molecule has 0 radical (unpaired) electrons. The van der Waals surface area contributed by atoms with E-state index < -0.39 is 27.8 Å². The van der Waals surface area contributed by atoms with Crippen molar-refractivity contribution in [3.63, 3.8) is 0 Å². The van der Waals surface area contributed by atoms with Crippen LogP contribution in [-0.4, -0.2) is 60.8 Å². The van der Waals surface area contributed by atoms with Gasteiger partial charge in [0.25, 0.3) is 5.91 Å². The molecule has 0 bridgehead atoms. The number of piperidine rings is 2. The minimum absolute atomic E-state index is 0.0179. The molecule has 8 heteroatoms. The van der Waals surface area contributed by atoms with Gasteiger partial charge in [-0.25, -0.2) is 8.42 Å². The summed E-state index contributed by atoms with van der Waals surface area (Å²) in [6.07, 6.45) is 3.79. The molecule has 0 aliphatic carbocycles. The Morgan fingerprint density at radius 3 is 2.38 bits per heavy atom. The molecule has 1 aromatic carbocycles. The monoisotopic (exact) mass is 380 g/mol. The smallest absolute Gasteiger partial charge is 0.308 e. The molecule has 0 saturated carbocycles. The summed E-state index contributed by atoms with van der Waals surface area (Å²) in [6.45, 7) is 1.50. The van der Waals surface area contributed by atoms with Gasteiger partial charge in [0.2, 0.25) is 10.0 Å². The van der Waals surface area contributed by atoms with Crippen molar-refractivity contribution in [2.45, 2.75) is 37.0 Å². The zero-order chi connectivity index (χ0) is 18.7. The van der Waals surface area contributed by atoms with Gasteiger partial charge in [-0.15, -0.1) is 0 Å². The van der Waals surface area contributed by atoms with Gasteiger partial charge in [0.1, 0.15) is 0 Å². The highest BCUT2D eigenvalue weighted by Gasteiger charge is 2.33. The molecule has 2 aliphatic rings. The molecule has 2 aliphatic heterocycles. The van der Waals surface area contributed by atoms with E-state index in [4.69, 9.17) is 0 Å². The van der Waals surface area contributed by atoms with E-state index in [2.05, 4.69) is 0 Å². The molecule has 3 rings (SSSR count). The molecule has 0 spiro atoms. The fourth-order valence-electron chi connectivity index (χ4n) is 3.65. The van der Waals surface area contributed by atoms with Crippen LogP contribution >= 0.6 is 0 Å². The summed E-state index contributed by atoms with van der Waals surface area (Å²) in [6, 6.07) is 6.24. The van der Waals surface area contributed by atoms with E-state index in [1.54, 1.807) is 12.1 Å². The minimum atomic E-state index is -3.74. The predicted octanol–water partition coefficient (Wildman–Crippen LogP) is 1.80. The highest BCUT2D eigenvalue weighted by molar-refractivity contribution is 7.89. The highest BCUT2D eigenvalue weighted by Crippen LogP contribution is 2.26. The average molecular weight is 380 g/mol. The van der Waals surface area contributed by atoms with Gasteiger partial charge in [0.15, 0.2) is 0 Å². The number of carboxylic acid groups (broad SMARTS) is 1. The first-order chi connectivity index (χ1) is 12.4. The van der Waals surface area contributed by atoms with Gasteiger partial charge >= 0.3 is 5.97 Å². The molecule has 0 aromatic heterocycles. The Kier molecular flexibility index (Phi) is 5.62. The summed E-state index contributed by atoms with van der Waals surface area (Å²) in [5.41, 5.74) is 0.129. The Labute approximate surface area is 153 Å². The quantitative estimate of drug-likeness (QED) is 0.859. The second-order valence-electron chi connectivity index (χ2n) is 6.89. The summed E-state index contributed by atoms with van der Waals surface area (Å²) in [5, 5.41) is 9.22. The molecule has 2 saturated heterocycles. The van der Waals surface area contributed by atoms with Crippen LogP contribution in [0.3, 0.4) is 0 Å². The van der Waals surface area contributed by atoms with Crippen molar-refractivity contribution in [1.82, 2.24) is 9.21 Å². The Morgan fingerprint density at radius 1 is 1.00 bits per heavy atom. The predicted molar refractivity (Wildman–Crippen MR) is 95.3 cm³/mol. The second-order valence-corrected chi connectivity index (χ2v) is 8.80. The molecule has 1 N–H and O–H groups in total. The maximum atomic E-state index is 13.0. The van der Waals surface area contributed by atoms with Crippen molar-refractivity contribution in [2.75, 3.05) is 26.2 Å². The number of carbonyl (C=O) groups is 2. The molecule has 1 unspecified atom stereocenters. The lowest BCUT2D eigenvalue weighted by Gasteiger charge is -2.32. The van der Waals surface area contributed by atoms with Crippen LogP contribution in [0.15, 0.2) is 29.2 Å². The molecular weight excluding hydrogens is 356 g/mol. The topological polar surface area (TPSA) is 95.0 Å². The summed E-state index contributed by atoms with van der Waals surface area (Å²) in [7, 11) is -3.74. The third-order valence-corrected chi connectivity index (χ3v) is 7.06. The molecule has 142 valence electrons. The number of amides is 1. The first-order valence-electron chi connectivity index (χ1n) is 9.02. The largest absolute Gasteiger partial charge is 0.481 e. The molecule has 26 heavy (non-hydrogen) atoms. The average Bonchev–Trinajstić information content (AvgIpc) is 2.68. The van der Waals surface area contributed by atoms with E-state index in [-0.39, 0.29) is 17.0 Å². The number of carbonyl (C=O) groups excluding carboxylic acids is 1. The molecule has 1 amide bonds. The number of rotatable bonds is 4. The fraction of sp³-hybridized carbons (Fsp3) is 0.556. The zero-order valence-corrected chi connectivity index (χ0v) is 15.5. The van der Waals surface area contributed by atoms with Crippen LogP contribution in [0.1, 0.15) is 42.5 Å². The SMILES string of the molecule is O=C(O)C1CCCN(C(=O)c2ccccc2S(=O)(=O)N2CCCCC2)C1. The van der Waals surface area contributed by atoms with Crippen LogP contribution in [0, 0.1) is 5.92 Å². The van der Waals surface area contributed by atoms with E-state index in [1.807, 2.05) is 0 Å². The Hall–Kier alpha value is -1.93. The van der Waals surface area contributed by atoms with Crippen LogP contribution in [0.25, 0.3) is 0 Å². The number of benzene rings is 1. The van der Waals surface area contributed by atoms with Gasteiger partial charge < -0.3 is 10.0 Å². The van der Waals surface area contributed by atoms with Crippen LogP contribution in [0.2, 0.25) is 0 Å². The van der Waals surface area contributed by atoms with Gasteiger partial charge in [-0.2, -0.15) is 4.31 Å². The first kappa shape index (κ1) is 18.8. The lowest BCUT2D eigenvalue weighted by molar-refractivity contribution is -0.143. The van der Waals surface area contributed by atoms with E-state index in [0.29, 0.717) is 32.5 Å². The number of carboxylic acids is 1. The Bertz CT molecular complexity index is 787. The Morgan fingerprint density at radius 2 is 1.69 bits per heavy atom. The maximum absolute atomic E-state index is 13.0. The summed E-state index contributed by atoms with van der Waals surface area (Å²) in [4.78, 5) is 25.7. The molecular formula is C18H24N2O5S. The number of hydrogen-bond donors (Lipinski definition) is 1. The lowest BCUT2D eigenvalue weighted by Crippen LogP contribution is -2.43. The molecule has 1 aromatic rings. The third kappa shape index (κ3) is 3.76. The highest BCUT2D eigenvalue weighted by atomic mass is 32.2. The van der Waals surface area contributed by atoms with Gasteiger partial charge in [0.05, 0.1) is 16.4 Å². The lowest BCUT2D eigenvalue weighted by atomic mass is 9.97. The number of likely N-dealkylation sites (tertiary alicyclic amines) is 1. The van der Waals surface area contributed by atoms with Gasteiger partial charge in [0, 0.05) is 26.2 Å². The van der Waals surface area contributed by atoms with Crippen LogP contribution < -0.4 is 0 Å². The number of aliphatic carboxylic acids is 1. The Balaban J connectivity index is 1.89. The van der Waals surface area contributed by atoms with Crippen molar-refractivity contribution < 1.29 is 23.1 Å². The van der Waals surface area contributed by atoms with E-state index >= 15 is 0 Å². The standard InChI is InChI=1S/C18H24N2O5S/c21-17(19-10-6-7-14(13-19)18(22)23)15-8-2-3-9-16(15)26(24,25)20-11-4-1-5-12-20/h2-3,8-9,14H,1,4-7,10-13H2,(H,22,23). The third-order valence-electron chi connectivity index (χ3n) is 5.11. The second kappa shape index (κ2) is 7.75. The van der Waals surface area contributed by atoms with Crippen LogP contribution in [0.4, 0.5) is 0 Å². The van der Waals surface area contributed by atoms with Crippen LogP contribution in [-0.2, 0) is 14.8 Å². The zero-order valence-electron chi connectivity index (χ0n) is 14.6. The van der Waals surface area contributed by atoms with Crippen molar-refractivity contribution in [3.05, 3.63) is 29.8 Å². The van der Waals surface area contributed by atoms with Crippen molar-refractivity contribution in [1.29, 1.82) is 0 Å². The van der Waals surface area contributed by atoms with Gasteiger partial charge in [-0.05, 0) is 37.8 Å². The molecule has 2 fully saturated rings. The summed E-state index contributed by atoms with van der Waals surface area (Å²) < 4.78 is 27.5. The van der Waals surface area contributed by atoms with E-state index in [1.165, 1.54) is 21.3 Å². The fourth-order valence-corrected chi connectivity index (χ4v) is 5.35. The first-order valence-corrected chi connectivity index (χ1v) is 10.5. The van der Waals surface area contributed by atoms with Gasteiger partial charge in [-0.1, -0.05) is 18.6 Å². The van der Waals surface area contributed by atoms with Crippen LogP contribution in [0.5, 0.6) is 0 Å². The number of nitrogens with zero attached hydrogens (tertiary/aromatic N) is 2. The number of sulfonamides is 1. The molecule has 1 atom stereocenters. The maximum Gasteiger partial charge on any atom is 0.308 e. The van der Waals surface area contributed by atoms with Crippen molar-refractivity contribution in [2.24, 2.45) is 5.92 Å². The minimum Gasteiger partial charge on any atom is -0.481 e. The number of hydrogen-bond acceptors (Lipinski definition) is 4. The van der Waals surface area contributed by atoms with E-state index in [0.717, 1.165) is 19.3 Å². The normalized spacial score (nSPS) is 22.2. The summed E-state index contributed by atoms with van der Waals surface area (Å²) in [5.74, 6) is -1.93. The molecule has 7 nitrogen and oxygen atoms in total. The molecule has 2 heterocycles.